The van der Waals surface area contributed by atoms with Gasteiger partial charge in [0.25, 0.3) is 0 Å². The largest absolute Gasteiger partial charge is 0.492 e. The molecule has 5 aromatic rings. The van der Waals surface area contributed by atoms with Crippen LogP contribution in [0.15, 0.2) is 84.8 Å². The first-order chi connectivity index (χ1) is 20.6. The number of hydrogen-bond donors (Lipinski definition) is 1. The van der Waals surface area contributed by atoms with Crippen LogP contribution in [0.3, 0.4) is 0 Å². The number of carboxylic acids is 1. The molecule has 5 heterocycles. The normalized spacial score (nSPS) is 15.8. The Hall–Kier alpha value is -4.76. The van der Waals surface area contributed by atoms with Crippen LogP contribution in [0.1, 0.15) is 46.3 Å². The van der Waals surface area contributed by atoms with E-state index >= 15 is 0 Å². The van der Waals surface area contributed by atoms with E-state index in [0.717, 1.165) is 70.7 Å². The van der Waals surface area contributed by atoms with Crippen molar-refractivity contribution in [3.8, 4) is 5.88 Å². The third-order valence-electron chi connectivity index (χ3n) is 8.14. The molecule has 7 rings (SSSR count). The highest BCUT2D eigenvalue weighted by molar-refractivity contribution is 5.92. The Balaban J connectivity index is 1.01. The number of aromatic nitrogens is 4. The number of nitrogens with zero attached hydrogens (tertiary/aromatic N) is 5. The maximum atomic E-state index is 11.6. The van der Waals surface area contributed by atoms with Crippen molar-refractivity contribution in [1.82, 2.24) is 24.4 Å². The van der Waals surface area contributed by atoms with Gasteiger partial charge >= 0.3 is 5.97 Å². The van der Waals surface area contributed by atoms with E-state index in [1.54, 1.807) is 18.2 Å². The Morgan fingerprint density at radius 3 is 2.60 bits per heavy atom. The average molecular weight is 562 g/mol. The highest BCUT2D eigenvalue weighted by atomic mass is 16.5. The standard InChI is InChI=1S/C33H31N5O4/c39-33(40)24-8-9-29-30(17-24)38(19-27-12-15-41-27)31(35-29)20-37-13-10-22(11-14-37)28-6-3-7-32(36-28)42-21-26-16-23-4-1-2-5-25(23)18-34-26/h1-9,12,16-18,22H,10-11,13-15,19-21H2,(H,39,40). The topological polar surface area (TPSA) is 103 Å². The predicted molar refractivity (Wildman–Crippen MR) is 158 cm³/mol. The van der Waals surface area contributed by atoms with Crippen molar-refractivity contribution < 1.29 is 19.4 Å². The number of ether oxygens (including phenoxy) is 2. The quantitative estimate of drug-likeness (QED) is 0.250. The molecule has 0 spiro atoms. The van der Waals surface area contributed by atoms with Crippen molar-refractivity contribution in [3.05, 3.63) is 108 Å². The van der Waals surface area contributed by atoms with E-state index < -0.39 is 5.97 Å². The number of piperidine rings is 1. The van der Waals surface area contributed by atoms with Crippen LogP contribution in [0, 0.1) is 0 Å². The van der Waals surface area contributed by atoms with E-state index in [0.29, 0.717) is 38.1 Å². The van der Waals surface area contributed by atoms with Gasteiger partial charge < -0.3 is 19.1 Å². The zero-order valence-corrected chi connectivity index (χ0v) is 23.1. The number of pyridine rings is 2. The minimum Gasteiger partial charge on any atom is -0.492 e. The first-order valence-corrected chi connectivity index (χ1v) is 14.3. The molecule has 9 nitrogen and oxygen atoms in total. The average Bonchev–Trinajstić information content (AvgIpc) is 3.34. The van der Waals surface area contributed by atoms with E-state index in [4.69, 9.17) is 19.4 Å². The maximum absolute atomic E-state index is 11.6. The smallest absolute Gasteiger partial charge is 0.335 e. The molecular formula is C33H31N5O4. The van der Waals surface area contributed by atoms with Crippen LogP contribution in [0.25, 0.3) is 21.8 Å². The molecule has 0 atom stereocenters. The summed E-state index contributed by atoms with van der Waals surface area (Å²) in [6.07, 6.45) is 5.90. The summed E-state index contributed by atoms with van der Waals surface area (Å²) in [5.74, 6) is 1.83. The summed E-state index contributed by atoms with van der Waals surface area (Å²) in [4.78, 5) is 28.3. The number of carbonyl (C=O) groups is 1. The first kappa shape index (κ1) is 26.2. The molecular weight excluding hydrogens is 530 g/mol. The molecule has 2 aliphatic heterocycles. The van der Waals surface area contributed by atoms with Crippen molar-refractivity contribution >= 4 is 27.8 Å². The van der Waals surface area contributed by atoms with E-state index in [1.165, 1.54) is 0 Å². The highest BCUT2D eigenvalue weighted by Crippen LogP contribution is 2.30. The fourth-order valence-electron chi connectivity index (χ4n) is 5.75. The molecule has 0 aliphatic carbocycles. The van der Waals surface area contributed by atoms with Crippen molar-refractivity contribution in [2.75, 3.05) is 19.7 Å². The number of carboxylic acid groups (broad SMARTS) is 1. The van der Waals surface area contributed by atoms with Gasteiger partial charge in [0.05, 0.1) is 35.4 Å². The van der Waals surface area contributed by atoms with Crippen LogP contribution in [0.2, 0.25) is 0 Å². The second-order valence-corrected chi connectivity index (χ2v) is 10.9. The summed E-state index contributed by atoms with van der Waals surface area (Å²) < 4.78 is 13.7. The Kier molecular flexibility index (Phi) is 7.01. The Morgan fingerprint density at radius 2 is 1.81 bits per heavy atom. The first-order valence-electron chi connectivity index (χ1n) is 14.3. The van der Waals surface area contributed by atoms with Crippen molar-refractivity contribution in [2.45, 2.75) is 38.5 Å². The monoisotopic (exact) mass is 561 g/mol. The van der Waals surface area contributed by atoms with Crippen LogP contribution in [0.4, 0.5) is 0 Å². The molecule has 0 saturated carbocycles. The van der Waals surface area contributed by atoms with Gasteiger partial charge in [0.1, 0.15) is 24.8 Å². The molecule has 212 valence electrons. The summed E-state index contributed by atoms with van der Waals surface area (Å²) in [6.45, 7) is 4.06. The van der Waals surface area contributed by atoms with E-state index in [1.807, 2.05) is 36.5 Å². The predicted octanol–water partition coefficient (Wildman–Crippen LogP) is 5.55. The van der Waals surface area contributed by atoms with Gasteiger partial charge in [0.15, 0.2) is 0 Å². The van der Waals surface area contributed by atoms with Crippen LogP contribution in [-0.2, 0) is 24.4 Å². The maximum Gasteiger partial charge on any atom is 0.335 e. The molecule has 3 aromatic heterocycles. The van der Waals surface area contributed by atoms with Crippen LogP contribution >= 0.6 is 0 Å². The van der Waals surface area contributed by atoms with Gasteiger partial charge in [-0.3, -0.25) is 9.88 Å². The SMILES string of the molecule is O=C(O)c1ccc2nc(CN3CCC(c4cccc(OCc5cc6ccccc6cn5)n4)CC3)n(CC3=CCO3)c2c1. The number of hydrogen-bond acceptors (Lipinski definition) is 7. The van der Waals surface area contributed by atoms with Gasteiger partial charge in [-0.25, -0.2) is 14.8 Å². The molecule has 0 amide bonds. The van der Waals surface area contributed by atoms with Crippen LogP contribution in [-0.4, -0.2) is 55.2 Å². The summed E-state index contributed by atoms with van der Waals surface area (Å²) >= 11 is 0. The fraction of sp³-hybridized carbons (Fsp3) is 0.273. The fourth-order valence-corrected chi connectivity index (χ4v) is 5.75. The summed E-state index contributed by atoms with van der Waals surface area (Å²) in [7, 11) is 0. The lowest BCUT2D eigenvalue weighted by Gasteiger charge is -2.31. The van der Waals surface area contributed by atoms with E-state index in [-0.39, 0.29) is 5.56 Å². The Labute approximate surface area is 243 Å². The number of benzene rings is 2. The molecule has 0 radical (unpaired) electrons. The van der Waals surface area contributed by atoms with Gasteiger partial charge in [0, 0.05) is 29.3 Å². The summed E-state index contributed by atoms with van der Waals surface area (Å²) in [5.41, 5.74) is 3.80. The molecule has 0 unspecified atom stereocenters. The van der Waals surface area contributed by atoms with Gasteiger partial charge in [-0.1, -0.05) is 30.3 Å². The lowest BCUT2D eigenvalue weighted by Crippen LogP contribution is -2.33. The molecule has 0 bridgehead atoms. The molecule has 1 saturated heterocycles. The Bertz CT molecular complexity index is 1810. The van der Waals surface area contributed by atoms with Gasteiger partial charge in [-0.2, -0.15) is 0 Å². The van der Waals surface area contributed by atoms with E-state index in [2.05, 4.69) is 38.7 Å². The van der Waals surface area contributed by atoms with Crippen molar-refractivity contribution in [1.29, 1.82) is 0 Å². The van der Waals surface area contributed by atoms with Crippen LogP contribution < -0.4 is 4.74 Å². The van der Waals surface area contributed by atoms with Crippen LogP contribution in [0.5, 0.6) is 5.88 Å². The number of imidazole rings is 1. The minimum absolute atomic E-state index is 0.256. The molecule has 1 fully saturated rings. The number of allylic oxidation sites excluding steroid dienone is 1. The lowest BCUT2D eigenvalue weighted by atomic mass is 9.93. The molecule has 2 aliphatic rings. The van der Waals surface area contributed by atoms with E-state index in [9.17, 15) is 9.90 Å². The minimum atomic E-state index is -0.944. The van der Waals surface area contributed by atoms with Crippen molar-refractivity contribution in [3.63, 3.8) is 0 Å². The third kappa shape index (κ3) is 5.43. The lowest BCUT2D eigenvalue weighted by molar-refractivity contribution is 0.0697. The number of aromatic carboxylic acids is 1. The Morgan fingerprint density at radius 1 is 0.976 bits per heavy atom. The van der Waals surface area contributed by atoms with Gasteiger partial charge in [-0.15, -0.1) is 0 Å². The molecule has 1 N–H and O–H groups in total. The number of likely N-dealkylation sites (tertiary alicyclic amines) is 1. The van der Waals surface area contributed by atoms with Crippen molar-refractivity contribution in [2.24, 2.45) is 0 Å². The zero-order valence-electron chi connectivity index (χ0n) is 23.1. The molecule has 2 aromatic carbocycles. The van der Waals surface area contributed by atoms with Gasteiger partial charge in [-0.05, 0) is 67.7 Å². The summed E-state index contributed by atoms with van der Waals surface area (Å²) in [6, 6.07) is 21.3. The second kappa shape index (κ2) is 11.3. The molecule has 9 heteroatoms. The number of fused-ring (bicyclic) bond motifs is 2. The number of rotatable bonds is 9. The third-order valence-corrected chi connectivity index (χ3v) is 8.14. The second-order valence-electron chi connectivity index (χ2n) is 10.9. The van der Waals surface area contributed by atoms with Gasteiger partial charge in [0.2, 0.25) is 5.88 Å². The summed E-state index contributed by atoms with van der Waals surface area (Å²) in [5, 5.41) is 11.8. The highest BCUT2D eigenvalue weighted by Gasteiger charge is 2.25. The molecule has 42 heavy (non-hydrogen) atoms. The zero-order chi connectivity index (χ0) is 28.5.